The van der Waals surface area contributed by atoms with E-state index >= 15 is 0 Å². The van der Waals surface area contributed by atoms with Crippen LogP contribution in [0.4, 0.5) is 0 Å². The van der Waals surface area contributed by atoms with Crippen LogP contribution >= 0.6 is 0 Å². The van der Waals surface area contributed by atoms with Crippen LogP contribution in [-0.4, -0.2) is 33.4 Å². The Morgan fingerprint density at radius 3 is 2.38 bits per heavy atom. The molecule has 6 N–H and O–H groups in total. The lowest BCUT2D eigenvalue weighted by Crippen LogP contribution is -2.06. The molecule has 1 heterocycles. The van der Waals surface area contributed by atoms with E-state index in [4.69, 9.17) is 10.5 Å². The maximum absolute atomic E-state index is 12.1. The number of rotatable bonds is 8. The third-order valence-electron chi connectivity index (χ3n) is 4.41. The minimum atomic E-state index is -0.525. The van der Waals surface area contributed by atoms with Gasteiger partial charge >= 0.3 is 5.97 Å². The molecule has 26 heavy (non-hydrogen) atoms. The van der Waals surface area contributed by atoms with Gasteiger partial charge in [0.05, 0.1) is 26.9 Å². The maximum atomic E-state index is 12.1. The van der Waals surface area contributed by atoms with Crippen LogP contribution in [0.25, 0.3) is 11.1 Å². The highest BCUT2D eigenvalue weighted by Crippen LogP contribution is 2.36. The minimum absolute atomic E-state index is 0.136. The van der Waals surface area contributed by atoms with Crippen molar-refractivity contribution in [2.75, 3.05) is 7.11 Å². The number of hydrogen-bond acceptors (Lipinski definition) is 6. The number of hydrogen-bond donors (Lipinski definition) is 5. The van der Waals surface area contributed by atoms with Crippen LogP contribution in [0.5, 0.6) is 0 Å². The molecule has 140 valence electrons. The highest BCUT2D eigenvalue weighted by molar-refractivity contribution is 5.93. The quantitative estimate of drug-likeness (QED) is 0.355. The van der Waals surface area contributed by atoms with Crippen LogP contribution in [0.3, 0.4) is 0 Å². The summed E-state index contributed by atoms with van der Waals surface area (Å²) in [4.78, 5) is 15.2. The smallest absolute Gasteiger partial charge is 0.354 e. The standard InChI is InChI=1S/C19H24N2O5/c1-3-4-13-17(16(7-20)21-18(13)19(25)26-2)12-6-5-11(8-22)14(9-23)15(12)10-24/h3,5-6,21-24H,1,4,7-10,20H2,2H3. The second kappa shape index (κ2) is 8.77. The van der Waals surface area contributed by atoms with Gasteiger partial charge in [0.25, 0.3) is 0 Å². The number of ether oxygens (including phenoxy) is 1. The number of esters is 1. The molecule has 1 aromatic heterocycles. The van der Waals surface area contributed by atoms with Crippen molar-refractivity contribution >= 4 is 5.97 Å². The zero-order valence-electron chi connectivity index (χ0n) is 14.7. The van der Waals surface area contributed by atoms with Crippen molar-refractivity contribution in [1.29, 1.82) is 0 Å². The van der Waals surface area contributed by atoms with Crippen molar-refractivity contribution in [3.05, 3.63) is 58.4 Å². The van der Waals surface area contributed by atoms with Crippen LogP contribution < -0.4 is 5.73 Å². The number of aromatic nitrogens is 1. The minimum Gasteiger partial charge on any atom is -0.464 e. The van der Waals surface area contributed by atoms with E-state index in [1.807, 2.05) is 0 Å². The van der Waals surface area contributed by atoms with E-state index in [2.05, 4.69) is 11.6 Å². The number of aliphatic hydroxyl groups excluding tert-OH is 3. The number of aromatic amines is 1. The number of aliphatic hydroxyl groups is 3. The summed E-state index contributed by atoms with van der Waals surface area (Å²) < 4.78 is 4.84. The van der Waals surface area contributed by atoms with Crippen molar-refractivity contribution in [3.8, 4) is 11.1 Å². The Morgan fingerprint density at radius 1 is 1.19 bits per heavy atom. The van der Waals surface area contributed by atoms with E-state index in [0.29, 0.717) is 45.5 Å². The third-order valence-corrected chi connectivity index (χ3v) is 4.41. The number of carbonyl (C=O) groups excluding carboxylic acids is 1. The normalized spacial score (nSPS) is 10.8. The van der Waals surface area contributed by atoms with Gasteiger partial charge in [-0.1, -0.05) is 18.2 Å². The van der Waals surface area contributed by atoms with Crippen molar-refractivity contribution in [2.45, 2.75) is 32.8 Å². The van der Waals surface area contributed by atoms with Gasteiger partial charge in [0.2, 0.25) is 0 Å². The molecule has 7 heteroatoms. The average molecular weight is 360 g/mol. The van der Waals surface area contributed by atoms with Gasteiger partial charge in [-0.05, 0) is 34.2 Å². The molecule has 1 aromatic carbocycles. The zero-order valence-corrected chi connectivity index (χ0v) is 14.7. The Kier molecular flexibility index (Phi) is 6.70. The molecule has 2 aromatic rings. The lowest BCUT2D eigenvalue weighted by Gasteiger charge is -2.17. The molecular weight excluding hydrogens is 336 g/mol. The Labute approximate surface area is 151 Å². The first-order valence-corrected chi connectivity index (χ1v) is 8.17. The predicted octanol–water partition coefficient (Wildman–Crippen LogP) is 1.13. The number of allylic oxidation sites excluding steroid dienone is 1. The molecule has 0 atom stereocenters. The molecule has 0 saturated carbocycles. The van der Waals surface area contributed by atoms with E-state index in [1.54, 1.807) is 18.2 Å². The first kappa shape index (κ1) is 19.9. The number of carbonyl (C=O) groups is 1. The summed E-state index contributed by atoms with van der Waals surface area (Å²) in [6.07, 6.45) is 2.05. The molecule has 0 aliphatic rings. The van der Waals surface area contributed by atoms with Crippen LogP contribution in [0.1, 0.15) is 38.4 Å². The van der Waals surface area contributed by atoms with E-state index in [9.17, 15) is 20.1 Å². The number of H-pyrrole nitrogens is 1. The van der Waals surface area contributed by atoms with Gasteiger partial charge < -0.3 is 30.8 Å². The molecule has 0 saturated heterocycles. The van der Waals surface area contributed by atoms with Crippen LogP contribution in [0.15, 0.2) is 24.8 Å². The molecule has 0 bridgehead atoms. The maximum Gasteiger partial charge on any atom is 0.354 e. The van der Waals surface area contributed by atoms with Gasteiger partial charge in [-0.2, -0.15) is 0 Å². The van der Waals surface area contributed by atoms with Crippen LogP contribution in [0.2, 0.25) is 0 Å². The van der Waals surface area contributed by atoms with Gasteiger partial charge in [-0.15, -0.1) is 6.58 Å². The molecule has 0 aliphatic heterocycles. The van der Waals surface area contributed by atoms with Gasteiger partial charge in [-0.25, -0.2) is 4.79 Å². The van der Waals surface area contributed by atoms with E-state index in [0.717, 1.165) is 0 Å². The van der Waals surface area contributed by atoms with Crippen molar-refractivity contribution in [3.63, 3.8) is 0 Å². The second-order valence-corrected chi connectivity index (χ2v) is 5.72. The number of benzene rings is 1. The third kappa shape index (κ3) is 3.42. The SMILES string of the molecule is C=CCc1c(C(=O)OC)[nH]c(CN)c1-c1ccc(CO)c(CO)c1CO. The monoisotopic (exact) mass is 360 g/mol. The van der Waals surface area contributed by atoms with Gasteiger partial charge in [0.15, 0.2) is 0 Å². The summed E-state index contributed by atoms with van der Waals surface area (Å²) in [5.74, 6) is -0.525. The van der Waals surface area contributed by atoms with Crippen molar-refractivity contribution < 1.29 is 24.9 Å². The first-order chi connectivity index (χ1) is 12.6. The van der Waals surface area contributed by atoms with E-state index in [1.165, 1.54) is 7.11 Å². The molecule has 0 unspecified atom stereocenters. The van der Waals surface area contributed by atoms with Crippen LogP contribution in [0, 0.1) is 0 Å². The Balaban J connectivity index is 2.84. The Morgan fingerprint density at radius 2 is 1.88 bits per heavy atom. The topological polar surface area (TPSA) is 129 Å². The zero-order chi connectivity index (χ0) is 19.3. The molecule has 0 radical (unpaired) electrons. The molecule has 0 amide bonds. The highest BCUT2D eigenvalue weighted by atomic mass is 16.5. The van der Waals surface area contributed by atoms with Gasteiger partial charge in [-0.3, -0.25) is 0 Å². The molecule has 7 nitrogen and oxygen atoms in total. The lowest BCUT2D eigenvalue weighted by molar-refractivity contribution is 0.0593. The van der Waals surface area contributed by atoms with Crippen LogP contribution in [-0.2, 0) is 37.5 Å². The number of methoxy groups -OCH3 is 1. The lowest BCUT2D eigenvalue weighted by atomic mass is 9.89. The molecule has 0 fully saturated rings. The summed E-state index contributed by atoms with van der Waals surface area (Å²) in [6.45, 7) is 2.95. The summed E-state index contributed by atoms with van der Waals surface area (Å²) in [7, 11) is 1.29. The predicted molar refractivity (Wildman–Crippen MR) is 97.1 cm³/mol. The van der Waals surface area contributed by atoms with Crippen molar-refractivity contribution in [2.24, 2.45) is 5.73 Å². The molecule has 0 aliphatic carbocycles. The summed E-state index contributed by atoms with van der Waals surface area (Å²) in [6, 6.07) is 3.43. The Hall–Kier alpha value is -2.45. The summed E-state index contributed by atoms with van der Waals surface area (Å²) in [5.41, 5.74) is 10.2. The molecule has 2 rings (SSSR count). The summed E-state index contributed by atoms with van der Waals surface area (Å²) in [5, 5.41) is 29.1. The fourth-order valence-electron chi connectivity index (χ4n) is 3.20. The molecular formula is C19H24N2O5. The van der Waals surface area contributed by atoms with E-state index in [-0.39, 0.29) is 32.1 Å². The van der Waals surface area contributed by atoms with Gasteiger partial charge in [0, 0.05) is 17.8 Å². The van der Waals surface area contributed by atoms with Gasteiger partial charge in [0.1, 0.15) is 5.69 Å². The number of nitrogens with one attached hydrogen (secondary N) is 1. The summed E-state index contributed by atoms with van der Waals surface area (Å²) >= 11 is 0. The second-order valence-electron chi connectivity index (χ2n) is 5.72. The van der Waals surface area contributed by atoms with Crippen molar-refractivity contribution in [1.82, 2.24) is 4.98 Å². The molecule has 0 spiro atoms. The fraction of sp³-hybridized carbons (Fsp3) is 0.316. The highest BCUT2D eigenvalue weighted by Gasteiger charge is 2.25. The van der Waals surface area contributed by atoms with E-state index < -0.39 is 5.97 Å². The first-order valence-electron chi connectivity index (χ1n) is 8.17. The fourth-order valence-corrected chi connectivity index (χ4v) is 3.20. The largest absolute Gasteiger partial charge is 0.464 e. The number of nitrogens with two attached hydrogens (primary N) is 1. The Bertz CT molecular complexity index is 811. The average Bonchev–Trinajstić information content (AvgIpc) is 3.04.